The molecule has 0 unspecified atom stereocenters. The van der Waals surface area contributed by atoms with Gasteiger partial charge in [-0.15, -0.1) is 11.8 Å². The number of methoxy groups -OCH3 is 1. The van der Waals surface area contributed by atoms with Crippen molar-refractivity contribution < 1.29 is 19.1 Å². The third-order valence-corrected chi connectivity index (χ3v) is 4.97. The molecule has 6 nitrogen and oxygen atoms in total. The molecule has 1 N–H and O–H groups in total. The van der Waals surface area contributed by atoms with Crippen LogP contribution >= 0.6 is 23.4 Å². The first kappa shape index (κ1) is 21.9. The summed E-state index contributed by atoms with van der Waals surface area (Å²) in [7, 11) is 3.10. The summed E-state index contributed by atoms with van der Waals surface area (Å²) < 4.78 is 10.6. The molecule has 0 fully saturated rings. The number of likely N-dealkylation sites (N-methyl/N-ethyl adjacent to an activating group) is 1. The number of carbonyl (C=O) groups is 2. The molecule has 0 saturated heterocycles. The van der Waals surface area contributed by atoms with Crippen molar-refractivity contribution in [2.75, 3.05) is 38.4 Å². The summed E-state index contributed by atoms with van der Waals surface area (Å²) in [6.45, 7) is 2.47. The van der Waals surface area contributed by atoms with E-state index in [4.69, 9.17) is 21.1 Å². The van der Waals surface area contributed by atoms with Crippen LogP contribution in [0.2, 0.25) is 5.02 Å². The molecule has 0 saturated carbocycles. The Bertz CT molecular complexity index is 814. The number of amides is 2. The van der Waals surface area contributed by atoms with Gasteiger partial charge in [-0.3, -0.25) is 9.59 Å². The van der Waals surface area contributed by atoms with Gasteiger partial charge in [0, 0.05) is 17.0 Å². The van der Waals surface area contributed by atoms with Gasteiger partial charge < -0.3 is 19.7 Å². The smallest absolute Gasteiger partial charge is 0.244 e. The molecule has 0 heterocycles. The molecule has 0 spiro atoms. The molecule has 0 aliphatic heterocycles. The molecular formula is C20H23ClN2O4S. The van der Waals surface area contributed by atoms with Crippen molar-refractivity contribution in [1.29, 1.82) is 0 Å². The summed E-state index contributed by atoms with van der Waals surface area (Å²) in [4.78, 5) is 26.9. The molecule has 0 atom stereocenters. The quantitative estimate of drug-likeness (QED) is 0.620. The van der Waals surface area contributed by atoms with Gasteiger partial charge in [0.25, 0.3) is 0 Å². The third kappa shape index (κ3) is 6.65. The van der Waals surface area contributed by atoms with E-state index in [2.05, 4.69) is 5.32 Å². The summed E-state index contributed by atoms with van der Waals surface area (Å²) in [6, 6.07) is 12.5. The fraction of sp³-hybridized carbons (Fsp3) is 0.300. The Morgan fingerprint density at radius 3 is 2.54 bits per heavy atom. The Hall–Kier alpha value is -2.38. The fourth-order valence-electron chi connectivity index (χ4n) is 2.33. The van der Waals surface area contributed by atoms with Gasteiger partial charge in [-0.2, -0.15) is 0 Å². The number of halogens is 1. The molecule has 0 aliphatic rings. The first-order chi connectivity index (χ1) is 13.4. The first-order valence-electron chi connectivity index (χ1n) is 8.66. The van der Waals surface area contributed by atoms with E-state index in [1.54, 1.807) is 25.2 Å². The van der Waals surface area contributed by atoms with E-state index in [1.165, 1.54) is 23.8 Å². The maximum atomic E-state index is 12.3. The van der Waals surface area contributed by atoms with E-state index in [9.17, 15) is 9.59 Å². The van der Waals surface area contributed by atoms with Crippen LogP contribution in [0.5, 0.6) is 11.5 Å². The Kier molecular flexibility index (Phi) is 8.47. The molecule has 8 heteroatoms. The minimum absolute atomic E-state index is 0.0711. The van der Waals surface area contributed by atoms with Gasteiger partial charge in [-0.05, 0) is 49.4 Å². The molecule has 0 aromatic heterocycles. The number of nitrogens with one attached hydrogen (secondary N) is 1. The normalized spacial score (nSPS) is 10.3. The van der Waals surface area contributed by atoms with Gasteiger partial charge in [-0.25, -0.2) is 0 Å². The molecule has 150 valence electrons. The van der Waals surface area contributed by atoms with Crippen LogP contribution in [-0.4, -0.2) is 49.8 Å². The average molecular weight is 423 g/mol. The van der Waals surface area contributed by atoms with E-state index in [0.717, 1.165) is 10.6 Å². The lowest BCUT2D eigenvalue weighted by Crippen LogP contribution is -2.36. The lowest BCUT2D eigenvalue weighted by Gasteiger charge is -2.17. The van der Waals surface area contributed by atoms with Crippen LogP contribution in [0.25, 0.3) is 0 Å². The highest BCUT2D eigenvalue weighted by Gasteiger charge is 2.15. The van der Waals surface area contributed by atoms with E-state index in [1.807, 2.05) is 31.2 Å². The van der Waals surface area contributed by atoms with Gasteiger partial charge in [0.15, 0.2) is 0 Å². The second-order valence-electron chi connectivity index (χ2n) is 5.84. The van der Waals surface area contributed by atoms with Crippen molar-refractivity contribution in [2.45, 2.75) is 11.8 Å². The number of nitrogens with zero attached hydrogens (tertiary/aromatic N) is 1. The summed E-state index contributed by atoms with van der Waals surface area (Å²) in [6.07, 6.45) is 0. The maximum absolute atomic E-state index is 12.3. The van der Waals surface area contributed by atoms with Crippen molar-refractivity contribution in [3.63, 3.8) is 0 Å². The van der Waals surface area contributed by atoms with E-state index >= 15 is 0 Å². The molecule has 0 bridgehead atoms. The lowest BCUT2D eigenvalue weighted by atomic mass is 10.3. The molecular weight excluding hydrogens is 400 g/mol. The maximum Gasteiger partial charge on any atom is 0.244 e. The monoisotopic (exact) mass is 422 g/mol. The minimum Gasteiger partial charge on any atom is -0.495 e. The molecule has 2 aromatic carbocycles. The van der Waals surface area contributed by atoms with Crippen molar-refractivity contribution in [2.24, 2.45) is 0 Å². The van der Waals surface area contributed by atoms with Crippen molar-refractivity contribution in [3.05, 3.63) is 47.5 Å². The minimum atomic E-state index is -0.331. The number of hydrogen-bond donors (Lipinski definition) is 1. The standard InChI is InChI=1S/C20H23ClN2O4S/c1-4-27-15-6-8-16(9-7-15)28-13-20(25)23(2)12-19(24)22-17-11-14(21)5-10-18(17)26-3/h5-11H,4,12-13H2,1-3H3,(H,22,24). The second-order valence-corrected chi connectivity index (χ2v) is 7.32. The van der Waals surface area contributed by atoms with Crippen LogP contribution in [0.1, 0.15) is 6.92 Å². The van der Waals surface area contributed by atoms with Gasteiger partial charge in [-0.1, -0.05) is 11.6 Å². The highest BCUT2D eigenvalue weighted by atomic mass is 35.5. The van der Waals surface area contributed by atoms with Crippen molar-refractivity contribution >= 4 is 40.9 Å². The number of ether oxygens (including phenoxy) is 2. The van der Waals surface area contributed by atoms with E-state index < -0.39 is 0 Å². The number of benzene rings is 2. The van der Waals surface area contributed by atoms with Gasteiger partial charge >= 0.3 is 0 Å². The van der Waals surface area contributed by atoms with Gasteiger partial charge in [0.05, 0.1) is 31.7 Å². The predicted molar refractivity (Wildman–Crippen MR) is 113 cm³/mol. The Morgan fingerprint density at radius 2 is 1.89 bits per heavy atom. The first-order valence-corrected chi connectivity index (χ1v) is 10.0. The number of anilines is 1. The van der Waals surface area contributed by atoms with Crippen molar-refractivity contribution in [1.82, 2.24) is 4.90 Å². The van der Waals surface area contributed by atoms with Crippen LogP contribution in [0.15, 0.2) is 47.4 Å². The number of thioether (sulfide) groups is 1. The topological polar surface area (TPSA) is 67.9 Å². The van der Waals surface area contributed by atoms with Crippen LogP contribution in [-0.2, 0) is 9.59 Å². The summed E-state index contributed by atoms with van der Waals surface area (Å²) in [5.74, 6) is 1.05. The lowest BCUT2D eigenvalue weighted by molar-refractivity contribution is -0.131. The van der Waals surface area contributed by atoms with Gasteiger partial charge in [0.1, 0.15) is 11.5 Å². The molecule has 0 radical (unpaired) electrons. The zero-order chi connectivity index (χ0) is 20.5. The van der Waals surface area contributed by atoms with Crippen LogP contribution in [0, 0.1) is 0 Å². The Labute approximate surface area is 174 Å². The third-order valence-electron chi connectivity index (χ3n) is 3.74. The molecule has 28 heavy (non-hydrogen) atoms. The fourth-order valence-corrected chi connectivity index (χ4v) is 3.34. The van der Waals surface area contributed by atoms with Crippen molar-refractivity contribution in [3.8, 4) is 11.5 Å². The number of rotatable bonds is 9. The van der Waals surface area contributed by atoms with Crippen LogP contribution in [0.4, 0.5) is 5.69 Å². The van der Waals surface area contributed by atoms with E-state index in [-0.39, 0.29) is 24.1 Å². The van der Waals surface area contributed by atoms with Crippen LogP contribution in [0.3, 0.4) is 0 Å². The molecule has 2 amide bonds. The predicted octanol–water partition coefficient (Wildman–Crippen LogP) is 3.94. The average Bonchev–Trinajstić information content (AvgIpc) is 2.67. The SMILES string of the molecule is CCOc1ccc(SCC(=O)N(C)CC(=O)Nc2cc(Cl)ccc2OC)cc1. The largest absolute Gasteiger partial charge is 0.495 e. The van der Waals surface area contributed by atoms with Crippen LogP contribution < -0.4 is 14.8 Å². The summed E-state index contributed by atoms with van der Waals surface area (Å²) in [5, 5.41) is 3.20. The van der Waals surface area contributed by atoms with E-state index in [0.29, 0.717) is 23.1 Å². The molecule has 2 rings (SSSR count). The zero-order valence-corrected chi connectivity index (χ0v) is 17.6. The van der Waals surface area contributed by atoms with Gasteiger partial charge in [0.2, 0.25) is 11.8 Å². The Balaban J connectivity index is 1.84. The highest BCUT2D eigenvalue weighted by Crippen LogP contribution is 2.27. The summed E-state index contributed by atoms with van der Waals surface area (Å²) in [5.41, 5.74) is 0.463. The number of carbonyl (C=O) groups excluding carboxylic acids is 2. The molecule has 2 aromatic rings. The number of hydrogen-bond acceptors (Lipinski definition) is 5. The Morgan fingerprint density at radius 1 is 1.18 bits per heavy atom. The highest BCUT2D eigenvalue weighted by molar-refractivity contribution is 8.00. The summed E-state index contributed by atoms with van der Waals surface area (Å²) >= 11 is 7.36. The molecule has 0 aliphatic carbocycles. The second kappa shape index (κ2) is 10.8. The zero-order valence-electron chi connectivity index (χ0n) is 16.0.